The van der Waals surface area contributed by atoms with Crippen LogP contribution in [0.15, 0.2) is 12.2 Å². The molecule has 0 saturated carbocycles. The van der Waals surface area contributed by atoms with Crippen LogP contribution in [0.1, 0.15) is 36.4 Å². The zero-order valence-electron chi connectivity index (χ0n) is 10.8. The Hall–Kier alpha value is -1.82. The van der Waals surface area contributed by atoms with Gasteiger partial charge >= 0.3 is 6.09 Å². The third kappa shape index (κ3) is 1.92. The van der Waals surface area contributed by atoms with E-state index in [1.807, 2.05) is 19.1 Å². The van der Waals surface area contributed by atoms with E-state index in [0.29, 0.717) is 25.9 Å². The first-order valence-corrected chi connectivity index (χ1v) is 6.49. The van der Waals surface area contributed by atoms with E-state index in [4.69, 9.17) is 0 Å². The molecule has 1 amide bonds. The van der Waals surface area contributed by atoms with Gasteiger partial charge in [-0.05, 0) is 13.3 Å². The number of carbonyl (C=O) groups is 1. The second-order valence-electron chi connectivity index (χ2n) is 5.18. The van der Waals surface area contributed by atoms with Crippen molar-refractivity contribution in [3.63, 3.8) is 0 Å². The molecule has 0 saturated heterocycles. The molecule has 0 fully saturated rings. The quantitative estimate of drug-likeness (QED) is 0.692. The van der Waals surface area contributed by atoms with Gasteiger partial charge in [-0.25, -0.2) is 4.79 Å². The first-order valence-electron chi connectivity index (χ1n) is 6.49. The van der Waals surface area contributed by atoms with Crippen molar-refractivity contribution in [1.82, 2.24) is 14.7 Å². The molecule has 2 atom stereocenters. The molecule has 0 spiro atoms. The fraction of sp³-hybridized carbons (Fsp3) is 0.538. The molecule has 2 N–H and O–H groups in total. The van der Waals surface area contributed by atoms with Crippen LogP contribution in [0.2, 0.25) is 0 Å². The lowest BCUT2D eigenvalue weighted by atomic mass is 9.97. The molecular weight excluding hydrogens is 246 g/mol. The van der Waals surface area contributed by atoms with Gasteiger partial charge in [-0.2, -0.15) is 5.10 Å². The van der Waals surface area contributed by atoms with Crippen LogP contribution in [0.3, 0.4) is 0 Å². The second-order valence-corrected chi connectivity index (χ2v) is 5.18. The molecule has 6 heteroatoms. The van der Waals surface area contributed by atoms with E-state index in [2.05, 4.69) is 5.10 Å². The summed E-state index contributed by atoms with van der Waals surface area (Å²) in [6.07, 6.45) is 3.57. The number of aliphatic hydroxyl groups is 1. The Balaban J connectivity index is 2.04. The molecule has 3 rings (SSSR count). The van der Waals surface area contributed by atoms with Crippen molar-refractivity contribution in [1.29, 1.82) is 0 Å². The van der Waals surface area contributed by atoms with Crippen LogP contribution < -0.4 is 0 Å². The highest BCUT2D eigenvalue weighted by molar-refractivity contribution is 5.66. The first kappa shape index (κ1) is 12.2. The Morgan fingerprint density at radius 2 is 2.26 bits per heavy atom. The van der Waals surface area contributed by atoms with Crippen LogP contribution in [0, 0.1) is 0 Å². The number of rotatable bonds is 0. The zero-order chi connectivity index (χ0) is 13.6. The third-order valence-corrected chi connectivity index (χ3v) is 3.89. The summed E-state index contributed by atoms with van der Waals surface area (Å²) in [5.74, 6) is 0. The predicted molar refractivity (Wildman–Crippen MR) is 67.7 cm³/mol. The lowest BCUT2D eigenvalue weighted by Gasteiger charge is -2.31. The molecular formula is C13H17N3O3. The van der Waals surface area contributed by atoms with Gasteiger partial charge in [0.05, 0.1) is 30.6 Å². The minimum Gasteiger partial charge on any atom is -0.465 e. The van der Waals surface area contributed by atoms with E-state index in [-0.39, 0.29) is 6.04 Å². The second kappa shape index (κ2) is 4.38. The average Bonchev–Trinajstić information content (AvgIpc) is 2.60. The monoisotopic (exact) mass is 263 g/mol. The molecule has 0 radical (unpaired) electrons. The summed E-state index contributed by atoms with van der Waals surface area (Å²) in [4.78, 5) is 12.7. The highest BCUT2D eigenvalue weighted by atomic mass is 16.4. The fourth-order valence-electron chi connectivity index (χ4n) is 2.90. The minimum absolute atomic E-state index is 0.0724. The van der Waals surface area contributed by atoms with Gasteiger partial charge in [0.15, 0.2) is 0 Å². The van der Waals surface area contributed by atoms with E-state index in [1.54, 1.807) is 4.68 Å². The number of hydrogen-bond donors (Lipinski definition) is 2. The van der Waals surface area contributed by atoms with Crippen molar-refractivity contribution in [3.05, 3.63) is 29.1 Å². The van der Waals surface area contributed by atoms with Gasteiger partial charge in [0.1, 0.15) is 0 Å². The normalized spacial score (nSPS) is 25.7. The van der Waals surface area contributed by atoms with Crippen molar-refractivity contribution in [3.8, 4) is 0 Å². The molecule has 1 aromatic rings. The average molecular weight is 263 g/mol. The van der Waals surface area contributed by atoms with Gasteiger partial charge in [-0.1, -0.05) is 12.2 Å². The van der Waals surface area contributed by atoms with E-state index in [9.17, 15) is 15.0 Å². The van der Waals surface area contributed by atoms with Gasteiger partial charge < -0.3 is 15.1 Å². The summed E-state index contributed by atoms with van der Waals surface area (Å²) in [6.45, 7) is 2.84. The van der Waals surface area contributed by atoms with Gasteiger partial charge in [-0.3, -0.25) is 4.68 Å². The van der Waals surface area contributed by atoms with E-state index >= 15 is 0 Å². The summed E-state index contributed by atoms with van der Waals surface area (Å²) < 4.78 is 1.80. The first-order chi connectivity index (χ1) is 9.08. The van der Waals surface area contributed by atoms with Crippen molar-refractivity contribution in [2.75, 3.05) is 0 Å². The number of nitrogens with zero attached hydrogens (tertiary/aromatic N) is 3. The predicted octanol–water partition coefficient (Wildman–Crippen LogP) is 1.30. The van der Waals surface area contributed by atoms with E-state index in [0.717, 1.165) is 17.0 Å². The van der Waals surface area contributed by atoms with Crippen LogP contribution in [-0.2, 0) is 19.5 Å². The maximum atomic E-state index is 11.2. The number of aliphatic hydroxyl groups excluding tert-OH is 1. The standard InChI is InChI=1S/C13H17N3O3/c1-8-6-10-9(7-15(8)13(18)19)12-11(17)4-2-3-5-16(12)14-10/h2-3,8,11,17H,4-7H2,1H3,(H,18,19). The summed E-state index contributed by atoms with van der Waals surface area (Å²) in [5.41, 5.74) is 2.59. The van der Waals surface area contributed by atoms with Crippen molar-refractivity contribution >= 4 is 6.09 Å². The van der Waals surface area contributed by atoms with Crippen LogP contribution in [0.4, 0.5) is 4.79 Å². The highest BCUT2D eigenvalue weighted by Gasteiger charge is 2.33. The molecule has 0 bridgehead atoms. The van der Waals surface area contributed by atoms with Crippen molar-refractivity contribution in [2.24, 2.45) is 0 Å². The maximum Gasteiger partial charge on any atom is 0.407 e. The van der Waals surface area contributed by atoms with Gasteiger partial charge in [-0.15, -0.1) is 0 Å². The number of fused-ring (bicyclic) bond motifs is 3. The number of aromatic nitrogens is 2. The zero-order valence-corrected chi connectivity index (χ0v) is 10.8. The Kier molecular flexibility index (Phi) is 2.82. The summed E-state index contributed by atoms with van der Waals surface area (Å²) in [6, 6.07) is -0.0724. The molecule has 2 aliphatic heterocycles. The molecule has 19 heavy (non-hydrogen) atoms. The van der Waals surface area contributed by atoms with Gasteiger partial charge in [0, 0.05) is 18.0 Å². The summed E-state index contributed by atoms with van der Waals surface area (Å²) >= 11 is 0. The summed E-state index contributed by atoms with van der Waals surface area (Å²) in [7, 11) is 0. The number of carboxylic acid groups (broad SMARTS) is 1. The molecule has 2 aliphatic rings. The lowest BCUT2D eigenvalue weighted by molar-refractivity contribution is 0.117. The minimum atomic E-state index is -0.917. The van der Waals surface area contributed by atoms with Crippen LogP contribution >= 0.6 is 0 Å². The Labute approximate surface area is 110 Å². The van der Waals surface area contributed by atoms with Crippen LogP contribution in [0.5, 0.6) is 0 Å². The Bertz CT molecular complexity index is 550. The highest BCUT2D eigenvalue weighted by Crippen LogP contribution is 2.32. The molecule has 102 valence electrons. The van der Waals surface area contributed by atoms with Crippen LogP contribution in [-0.4, -0.2) is 37.0 Å². The molecule has 2 unspecified atom stereocenters. The molecule has 6 nitrogen and oxygen atoms in total. The van der Waals surface area contributed by atoms with Gasteiger partial charge in [0.25, 0.3) is 0 Å². The molecule has 1 aromatic heterocycles. The number of allylic oxidation sites excluding steroid dienone is 1. The van der Waals surface area contributed by atoms with Crippen molar-refractivity contribution in [2.45, 2.75) is 45.0 Å². The topological polar surface area (TPSA) is 78.6 Å². The SMILES string of the molecule is CC1Cc2nn3c(c2CN1C(=O)O)C(O)CC=CC3. The Morgan fingerprint density at radius 1 is 1.47 bits per heavy atom. The van der Waals surface area contributed by atoms with Crippen LogP contribution in [0.25, 0.3) is 0 Å². The lowest BCUT2D eigenvalue weighted by Crippen LogP contribution is -2.41. The van der Waals surface area contributed by atoms with Gasteiger partial charge in [0.2, 0.25) is 0 Å². The molecule has 3 heterocycles. The third-order valence-electron chi connectivity index (χ3n) is 3.89. The molecule has 0 aromatic carbocycles. The number of amides is 1. The van der Waals surface area contributed by atoms with Crippen molar-refractivity contribution < 1.29 is 15.0 Å². The maximum absolute atomic E-state index is 11.2. The smallest absolute Gasteiger partial charge is 0.407 e. The van der Waals surface area contributed by atoms with E-state index in [1.165, 1.54) is 4.90 Å². The largest absolute Gasteiger partial charge is 0.465 e. The number of hydrogen-bond acceptors (Lipinski definition) is 3. The summed E-state index contributed by atoms with van der Waals surface area (Å²) in [5, 5.41) is 24.0. The fourth-order valence-corrected chi connectivity index (χ4v) is 2.90. The Morgan fingerprint density at radius 3 is 3.00 bits per heavy atom. The molecule has 0 aliphatic carbocycles. The van der Waals surface area contributed by atoms with E-state index < -0.39 is 12.2 Å².